The van der Waals surface area contributed by atoms with E-state index < -0.39 is 0 Å². The smallest absolute Gasteiger partial charge is 0.233 e. The standard InChI is InChI=1S/C14H18N4OS2/c1-4-15-12(19)10(3)20-14-18-17-13(21-14)16-11-7-5-9(2)6-8-11/h5-8,10H,4H2,1-3H3,(H,15,19)(H,16,17)/t10-/m1/s1. The first-order chi connectivity index (χ1) is 10.1. The third kappa shape index (κ3) is 4.71. The normalized spacial score (nSPS) is 12.0. The van der Waals surface area contributed by atoms with Crippen molar-refractivity contribution >= 4 is 39.8 Å². The second kappa shape index (κ2) is 7.42. The molecule has 0 radical (unpaired) electrons. The molecule has 1 atom stereocenters. The Morgan fingerprint density at radius 3 is 2.71 bits per heavy atom. The summed E-state index contributed by atoms with van der Waals surface area (Å²) in [5, 5.41) is 14.8. The molecular weight excluding hydrogens is 304 g/mol. The van der Waals surface area contributed by atoms with Crippen LogP contribution in [0.1, 0.15) is 19.4 Å². The Balaban J connectivity index is 1.95. The predicted molar refractivity (Wildman–Crippen MR) is 88.4 cm³/mol. The van der Waals surface area contributed by atoms with Crippen LogP contribution in [-0.2, 0) is 4.79 Å². The van der Waals surface area contributed by atoms with E-state index in [1.54, 1.807) is 0 Å². The van der Waals surface area contributed by atoms with Crippen LogP contribution in [0.25, 0.3) is 0 Å². The van der Waals surface area contributed by atoms with Gasteiger partial charge >= 0.3 is 0 Å². The summed E-state index contributed by atoms with van der Waals surface area (Å²) >= 11 is 2.86. The van der Waals surface area contributed by atoms with Crippen LogP contribution >= 0.6 is 23.1 Å². The van der Waals surface area contributed by atoms with Gasteiger partial charge in [0.2, 0.25) is 11.0 Å². The lowest BCUT2D eigenvalue weighted by Gasteiger charge is -2.07. The lowest BCUT2D eigenvalue weighted by molar-refractivity contribution is -0.120. The maximum Gasteiger partial charge on any atom is 0.233 e. The first-order valence-corrected chi connectivity index (χ1v) is 8.39. The van der Waals surface area contributed by atoms with Crippen LogP contribution in [0.3, 0.4) is 0 Å². The number of anilines is 2. The van der Waals surface area contributed by atoms with Crippen LogP contribution in [0, 0.1) is 6.92 Å². The number of nitrogens with one attached hydrogen (secondary N) is 2. The predicted octanol–water partition coefficient (Wildman–Crippen LogP) is 3.21. The van der Waals surface area contributed by atoms with Crippen molar-refractivity contribution in [1.29, 1.82) is 0 Å². The van der Waals surface area contributed by atoms with Gasteiger partial charge in [0.1, 0.15) is 0 Å². The zero-order valence-corrected chi connectivity index (χ0v) is 13.8. The molecule has 0 aliphatic rings. The summed E-state index contributed by atoms with van der Waals surface area (Å²) in [7, 11) is 0. The highest BCUT2D eigenvalue weighted by molar-refractivity contribution is 8.02. The van der Waals surface area contributed by atoms with Crippen LogP contribution < -0.4 is 10.6 Å². The van der Waals surface area contributed by atoms with E-state index in [4.69, 9.17) is 0 Å². The lowest BCUT2D eigenvalue weighted by Crippen LogP contribution is -2.30. The Labute approximate surface area is 132 Å². The fourth-order valence-corrected chi connectivity index (χ4v) is 3.53. The van der Waals surface area contributed by atoms with Gasteiger partial charge < -0.3 is 10.6 Å². The van der Waals surface area contributed by atoms with Crippen molar-refractivity contribution < 1.29 is 4.79 Å². The number of hydrogen-bond donors (Lipinski definition) is 2. The van der Waals surface area contributed by atoms with Gasteiger partial charge in [-0.05, 0) is 32.9 Å². The van der Waals surface area contributed by atoms with Gasteiger partial charge in [-0.25, -0.2) is 0 Å². The molecule has 1 aromatic carbocycles. The van der Waals surface area contributed by atoms with E-state index >= 15 is 0 Å². The molecule has 1 amide bonds. The van der Waals surface area contributed by atoms with Crippen molar-refractivity contribution in [2.75, 3.05) is 11.9 Å². The zero-order chi connectivity index (χ0) is 15.2. The highest BCUT2D eigenvalue weighted by Gasteiger charge is 2.16. The molecule has 5 nitrogen and oxygen atoms in total. The van der Waals surface area contributed by atoms with E-state index in [2.05, 4.69) is 20.8 Å². The minimum Gasteiger partial charge on any atom is -0.355 e. The Morgan fingerprint density at radius 2 is 2.05 bits per heavy atom. The average Bonchev–Trinajstić information content (AvgIpc) is 2.89. The van der Waals surface area contributed by atoms with Gasteiger partial charge in [-0.3, -0.25) is 4.79 Å². The summed E-state index contributed by atoms with van der Waals surface area (Å²) in [5.41, 5.74) is 2.19. The molecule has 0 unspecified atom stereocenters. The molecule has 0 bridgehead atoms. The molecule has 0 spiro atoms. The van der Waals surface area contributed by atoms with E-state index in [1.807, 2.05) is 45.0 Å². The molecule has 1 aromatic heterocycles. The summed E-state index contributed by atoms with van der Waals surface area (Å²) in [6.45, 7) is 6.46. The Bertz CT molecular complexity index is 597. The fourth-order valence-electron chi connectivity index (χ4n) is 1.59. The van der Waals surface area contributed by atoms with E-state index in [-0.39, 0.29) is 11.2 Å². The van der Waals surface area contributed by atoms with Gasteiger partial charge in [0.25, 0.3) is 0 Å². The molecule has 2 rings (SSSR count). The maximum atomic E-state index is 11.7. The fraction of sp³-hybridized carbons (Fsp3) is 0.357. The SMILES string of the molecule is CCNC(=O)[C@@H](C)Sc1nnc(Nc2ccc(C)cc2)s1. The van der Waals surface area contributed by atoms with Crippen LogP contribution in [0.15, 0.2) is 28.6 Å². The number of nitrogens with zero attached hydrogens (tertiary/aromatic N) is 2. The van der Waals surface area contributed by atoms with Gasteiger partial charge in [-0.1, -0.05) is 40.8 Å². The molecule has 0 saturated heterocycles. The number of aryl methyl sites for hydroxylation is 1. The monoisotopic (exact) mass is 322 g/mol. The Hall–Kier alpha value is -1.60. The van der Waals surface area contributed by atoms with Gasteiger partial charge in [-0.2, -0.15) is 0 Å². The number of benzene rings is 1. The minimum atomic E-state index is -0.176. The molecule has 7 heteroatoms. The minimum absolute atomic E-state index is 0.0192. The van der Waals surface area contributed by atoms with Crippen LogP contribution in [0.5, 0.6) is 0 Å². The number of hydrogen-bond acceptors (Lipinski definition) is 6. The molecule has 0 fully saturated rings. The molecule has 112 valence electrons. The van der Waals surface area contributed by atoms with E-state index in [0.717, 1.165) is 15.2 Å². The first-order valence-electron chi connectivity index (χ1n) is 6.70. The van der Waals surface area contributed by atoms with Crippen molar-refractivity contribution in [3.63, 3.8) is 0 Å². The second-order valence-corrected chi connectivity index (χ2v) is 7.08. The highest BCUT2D eigenvalue weighted by atomic mass is 32.2. The Kier molecular flexibility index (Phi) is 5.58. The van der Waals surface area contributed by atoms with Crippen LogP contribution in [-0.4, -0.2) is 27.9 Å². The van der Waals surface area contributed by atoms with Crippen LogP contribution in [0.4, 0.5) is 10.8 Å². The largest absolute Gasteiger partial charge is 0.355 e. The summed E-state index contributed by atoms with van der Waals surface area (Å²) in [6, 6.07) is 8.08. The van der Waals surface area contributed by atoms with E-state index in [0.29, 0.717) is 6.54 Å². The van der Waals surface area contributed by atoms with Crippen LogP contribution in [0.2, 0.25) is 0 Å². The molecule has 2 aromatic rings. The molecule has 0 saturated carbocycles. The van der Waals surface area contributed by atoms with Crippen molar-refractivity contribution in [2.45, 2.75) is 30.4 Å². The molecule has 0 aliphatic carbocycles. The number of rotatable bonds is 6. The third-order valence-electron chi connectivity index (χ3n) is 2.71. The molecule has 2 N–H and O–H groups in total. The number of thioether (sulfide) groups is 1. The van der Waals surface area contributed by atoms with E-state index in [9.17, 15) is 4.79 Å². The number of carbonyl (C=O) groups is 1. The number of carbonyl (C=O) groups excluding carboxylic acids is 1. The van der Waals surface area contributed by atoms with Crippen molar-refractivity contribution in [1.82, 2.24) is 15.5 Å². The number of amides is 1. The van der Waals surface area contributed by atoms with Crippen molar-refractivity contribution in [3.8, 4) is 0 Å². The topological polar surface area (TPSA) is 66.9 Å². The van der Waals surface area contributed by atoms with Gasteiger partial charge in [0.15, 0.2) is 4.34 Å². The summed E-state index contributed by atoms with van der Waals surface area (Å²) in [6.07, 6.45) is 0. The lowest BCUT2D eigenvalue weighted by atomic mass is 10.2. The Morgan fingerprint density at radius 1 is 1.33 bits per heavy atom. The van der Waals surface area contributed by atoms with E-state index in [1.165, 1.54) is 28.7 Å². The first kappa shape index (κ1) is 15.8. The van der Waals surface area contributed by atoms with Crippen molar-refractivity contribution in [3.05, 3.63) is 29.8 Å². The maximum absolute atomic E-state index is 11.7. The molecule has 0 aliphatic heterocycles. The summed E-state index contributed by atoms with van der Waals surface area (Å²) in [4.78, 5) is 11.7. The van der Waals surface area contributed by atoms with Crippen molar-refractivity contribution in [2.24, 2.45) is 0 Å². The molecular formula is C14H18N4OS2. The highest BCUT2D eigenvalue weighted by Crippen LogP contribution is 2.30. The quantitative estimate of drug-likeness (QED) is 0.799. The number of aromatic nitrogens is 2. The average molecular weight is 322 g/mol. The molecule has 21 heavy (non-hydrogen) atoms. The third-order valence-corrected chi connectivity index (χ3v) is 4.73. The molecule has 1 heterocycles. The van der Waals surface area contributed by atoms with Gasteiger partial charge in [0.05, 0.1) is 5.25 Å². The van der Waals surface area contributed by atoms with Gasteiger partial charge in [0, 0.05) is 12.2 Å². The summed E-state index contributed by atoms with van der Waals surface area (Å²) < 4.78 is 0.781. The second-order valence-electron chi connectivity index (χ2n) is 4.52. The summed E-state index contributed by atoms with van der Waals surface area (Å²) in [5.74, 6) is 0.0192. The van der Waals surface area contributed by atoms with Gasteiger partial charge in [-0.15, -0.1) is 10.2 Å². The zero-order valence-electron chi connectivity index (χ0n) is 12.2.